The van der Waals surface area contributed by atoms with Crippen molar-refractivity contribution in [3.63, 3.8) is 0 Å². The predicted octanol–water partition coefficient (Wildman–Crippen LogP) is 3.69. The molecule has 1 saturated heterocycles. The summed E-state index contributed by atoms with van der Waals surface area (Å²) in [5.74, 6) is -0.995. The highest BCUT2D eigenvalue weighted by molar-refractivity contribution is 5.80. The second-order valence-electron chi connectivity index (χ2n) is 9.28. The Morgan fingerprint density at radius 2 is 1.71 bits per heavy atom. The lowest BCUT2D eigenvalue weighted by atomic mass is 9.98. The first-order chi connectivity index (χ1) is 16.9. The Hall–Kier alpha value is -3.39. The van der Waals surface area contributed by atoms with E-state index in [1.165, 1.54) is 22.3 Å². The number of benzene rings is 2. The summed E-state index contributed by atoms with van der Waals surface area (Å²) in [6.07, 6.45) is 0.735. The summed E-state index contributed by atoms with van der Waals surface area (Å²) >= 11 is 0. The molecule has 186 valence electrons. The van der Waals surface area contributed by atoms with E-state index >= 15 is 0 Å². The fraction of sp³-hybridized carbons (Fsp3) is 0.444. The molecule has 0 saturated carbocycles. The molecule has 2 aromatic rings. The van der Waals surface area contributed by atoms with E-state index in [0.717, 1.165) is 0 Å². The van der Waals surface area contributed by atoms with Crippen molar-refractivity contribution in [3.8, 4) is 11.1 Å². The van der Waals surface area contributed by atoms with Crippen molar-refractivity contribution < 1.29 is 29.0 Å². The molecule has 35 heavy (non-hydrogen) atoms. The summed E-state index contributed by atoms with van der Waals surface area (Å²) in [5, 5.41) is 14.7. The van der Waals surface area contributed by atoms with Crippen LogP contribution in [0.15, 0.2) is 48.5 Å². The summed E-state index contributed by atoms with van der Waals surface area (Å²) in [5.41, 5.74) is 4.72. The number of amides is 2. The number of ether oxygens (including phenoxy) is 2. The van der Waals surface area contributed by atoms with E-state index in [9.17, 15) is 14.4 Å². The number of hydrogen-bond donors (Lipinski definition) is 3. The normalized spacial score (nSPS) is 19.5. The smallest absolute Gasteiger partial charge is 0.407 e. The van der Waals surface area contributed by atoms with Crippen LogP contribution in [0.2, 0.25) is 0 Å². The van der Waals surface area contributed by atoms with Gasteiger partial charge in [0, 0.05) is 25.5 Å². The second-order valence-corrected chi connectivity index (χ2v) is 9.28. The van der Waals surface area contributed by atoms with Crippen LogP contribution in [0.1, 0.15) is 49.7 Å². The lowest BCUT2D eigenvalue weighted by Crippen LogP contribution is -2.44. The molecule has 3 atom stereocenters. The van der Waals surface area contributed by atoms with Gasteiger partial charge in [0.15, 0.2) is 6.10 Å². The molecule has 1 aliphatic heterocycles. The van der Waals surface area contributed by atoms with Crippen molar-refractivity contribution in [2.45, 2.75) is 50.7 Å². The van der Waals surface area contributed by atoms with E-state index in [1.54, 1.807) is 0 Å². The fourth-order valence-corrected chi connectivity index (χ4v) is 4.85. The van der Waals surface area contributed by atoms with E-state index in [2.05, 4.69) is 34.9 Å². The highest BCUT2D eigenvalue weighted by Crippen LogP contribution is 2.44. The molecular weight excluding hydrogens is 448 g/mol. The minimum absolute atomic E-state index is 0.0246. The molecule has 8 heteroatoms. The SMILES string of the molecule is CC(CCNC(=O)OCC1c2ccccc2-c2ccccc21)CCC(=O)N[C@H]1CCO[C@H]1C(=O)O. The Kier molecular flexibility index (Phi) is 8.02. The predicted molar refractivity (Wildman–Crippen MR) is 130 cm³/mol. The van der Waals surface area contributed by atoms with Gasteiger partial charge in [-0.1, -0.05) is 55.5 Å². The molecule has 2 amide bonds. The van der Waals surface area contributed by atoms with E-state index in [-0.39, 0.29) is 24.3 Å². The van der Waals surface area contributed by atoms with Gasteiger partial charge in [-0.3, -0.25) is 4.79 Å². The Labute approximate surface area is 205 Å². The van der Waals surface area contributed by atoms with Gasteiger partial charge in [-0.25, -0.2) is 9.59 Å². The number of aliphatic carboxylic acids is 1. The van der Waals surface area contributed by atoms with Gasteiger partial charge in [-0.15, -0.1) is 0 Å². The first-order valence-corrected chi connectivity index (χ1v) is 12.2. The monoisotopic (exact) mass is 480 g/mol. The summed E-state index contributed by atoms with van der Waals surface area (Å²) in [4.78, 5) is 35.6. The van der Waals surface area contributed by atoms with Crippen LogP contribution in [0.25, 0.3) is 11.1 Å². The first-order valence-electron chi connectivity index (χ1n) is 12.2. The van der Waals surface area contributed by atoms with Gasteiger partial charge in [-0.05, 0) is 47.4 Å². The van der Waals surface area contributed by atoms with Crippen molar-refractivity contribution in [1.82, 2.24) is 10.6 Å². The van der Waals surface area contributed by atoms with Gasteiger partial charge in [0.25, 0.3) is 0 Å². The fourth-order valence-electron chi connectivity index (χ4n) is 4.85. The maximum absolute atomic E-state index is 12.3. The van der Waals surface area contributed by atoms with Crippen LogP contribution in [0.5, 0.6) is 0 Å². The van der Waals surface area contributed by atoms with Crippen molar-refractivity contribution >= 4 is 18.0 Å². The average molecular weight is 481 g/mol. The lowest BCUT2D eigenvalue weighted by molar-refractivity contribution is -0.148. The van der Waals surface area contributed by atoms with Crippen molar-refractivity contribution in [2.24, 2.45) is 5.92 Å². The number of carboxylic acid groups (broad SMARTS) is 1. The van der Waals surface area contributed by atoms with E-state index in [0.29, 0.717) is 38.8 Å². The molecule has 2 aromatic carbocycles. The number of carboxylic acids is 1. The number of rotatable bonds is 10. The molecule has 8 nitrogen and oxygen atoms in total. The maximum Gasteiger partial charge on any atom is 0.407 e. The number of nitrogens with one attached hydrogen (secondary N) is 2. The van der Waals surface area contributed by atoms with Gasteiger partial charge >= 0.3 is 12.1 Å². The van der Waals surface area contributed by atoms with Crippen LogP contribution in [0.3, 0.4) is 0 Å². The second kappa shape index (κ2) is 11.4. The molecular formula is C27H32N2O6. The summed E-state index contributed by atoms with van der Waals surface area (Å²) in [6, 6.07) is 15.9. The van der Waals surface area contributed by atoms with Crippen LogP contribution in [0, 0.1) is 5.92 Å². The van der Waals surface area contributed by atoms with Crippen LogP contribution in [0.4, 0.5) is 4.79 Å². The lowest BCUT2D eigenvalue weighted by Gasteiger charge is -2.17. The maximum atomic E-state index is 12.3. The largest absolute Gasteiger partial charge is 0.479 e. The van der Waals surface area contributed by atoms with E-state index in [4.69, 9.17) is 14.6 Å². The molecule has 1 heterocycles. The zero-order valence-corrected chi connectivity index (χ0v) is 19.9. The molecule has 0 radical (unpaired) electrons. The Morgan fingerprint density at radius 3 is 2.37 bits per heavy atom. The zero-order valence-electron chi connectivity index (χ0n) is 19.9. The Balaban J connectivity index is 1.15. The van der Waals surface area contributed by atoms with Gasteiger partial charge in [0.1, 0.15) is 6.61 Å². The molecule has 1 fully saturated rings. The zero-order chi connectivity index (χ0) is 24.8. The number of fused-ring (bicyclic) bond motifs is 3. The molecule has 0 bridgehead atoms. The van der Waals surface area contributed by atoms with Crippen molar-refractivity contribution in [1.29, 1.82) is 0 Å². The minimum Gasteiger partial charge on any atom is -0.479 e. The molecule has 1 unspecified atom stereocenters. The van der Waals surface area contributed by atoms with Crippen LogP contribution >= 0.6 is 0 Å². The molecule has 0 spiro atoms. The summed E-state index contributed by atoms with van der Waals surface area (Å²) in [6.45, 7) is 3.08. The first kappa shape index (κ1) is 24.7. The third-order valence-corrected chi connectivity index (χ3v) is 6.80. The number of carbonyl (C=O) groups excluding carboxylic acids is 2. The van der Waals surface area contributed by atoms with E-state index in [1.807, 2.05) is 31.2 Å². The average Bonchev–Trinajstić information content (AvgIpc) is 3.44. The standard InChI is InChI=1S/C27H32N2O6/c1-17(10-11-24(30)29-23-13-15-34-25(23)26(31)32)12-14-28-27(33)35-16-22-20-8-4-2-6-18(20)19-7-3-5-9-21(19)22/h2-9,17,22-23,25H,10-16H2,1H3,(H,28,33)(H,29,30)(H,31,32)/t17?,23-,25+/m0/s1. The minimum atomic E-state index is -1.06. The third kappa shape index (κ3) is 6.00. The highest BCUT2D eigenvalue weighted by atomic mass is 16.5. The van der Waals surface area contributed by atoms with Crippen LogP contribution in [-0.2, 0) is 19.1 Å². The molecule has 4 rings (SSSR count). The number of hydrogen-bond acceptors (Lipinski definition) is 5. The van der Waals surface area contributed by atoms with E-state index < -0.39 is 24.2 Å². The van der Waals surface area contributed by atoms with Crippen molar-refractivity contribution in [3.05, 3.63) is 59.7 Å². The van der Waals surface area contributed by atoms with Gasteiger partial charge < -0.3 is 25.2 Å². The number of alkyl carbamates (subject to hydrolysis) is 1. The Bertz CT molecular complexity index is 1030. The topological polar surface area (TPSA) is 114 Å². The molecule has 1 aliphatic carbocycles. The van der Waals surface area contributed by atoms with Gasteiger partial charge in [0.05, 0.1) is 6.04 Å². The van der Waals surface area contributed by atoms with Crippen molar-refractivity contribution in [2.75, 3.05) is 19.8 Å². The van der Waals surface area contributed by atoms with Gasteiger partial charge in [-0.2, -0.15) is 0 Å². The highest BCUT2D eigenvalue weighted by Gasteiger charge is 2.35. The summed E-state index contributed by atoms with van der Waals surface area (Å²) in [7, 11) is 0. The van der Waals surface area contributed by atoms with Crippen LogP contribution < -0.4 is 10.6 Å². The molecule has 3 N–H and O–H groups in total. The molecule has 2 aliphatic rings. The molecule has 0 aromatic heterocycles. The number of carbonyl (C=O) groups is 3. The third-order valence-electron chi connectivity index (χ3n) is 6.80. The van der Waals surface area contributed by atoms with Crippen LogP contribution in [-0.4, -0.2) is 55.0 Å². The Morgan fingerprint density at radius 1 is 1.06 bits per heavy atom. The summed E-state index contributed by atoms with van der Waals surface area (Å²) < 4.78 is 10.7. The van der Waals surface area contributed by atoms with Gasteiger partial charge in [0.2, 0.25) is 5.91 Å². The quantitative estimate of drug-likeness (QED) is 0.478.